The smallest absolute Gasteiger partial charge is 0.289 e. The molecular weight excluding hydrogens is 542 g/mol. The van der Waals surface area contributed by atoms with Crippen molar-refractivity contribution in [2.24, 2.45) is 10.7 Å². The van der Waals surface area contributed by atoms with Crippen molar-refractivity contribution in [2.45, 2.75) is 69.4 Å². The number of nitrogens with two attached hydrogens (primary N) is 1. The Morgan fingerprint density at radius 3 is 2.37 bits per heavy atom. The maximum absolute atomic E-state index is 13.1. The molecule has 2 unspecified atom stereocenters. The molecule has 1 aliphatic carbocycles. The summed E-state index contributed by atoms with van der Waals surface area (Å²) in [6.07, 6.45) is 9.80. The number of rotatable bonds is 6. The Balaban J connectivity index is 1.30. The molecule has 2 saturated heterocycles. The molecular formula is C32H33N9O2. The highest BCUT2D eigenvalue weighted by Crippen LogP contribution is 2.51. The molecule has 1 saturated carbocycles. The summed E-state index contributed by atoms with van der Waals surface area (Å²) in [4.78, 5) is 41.2. The van der Waals surface area contributed by atoms with E-state index < -0.39 is 0 Å². The van der Waals surface area contributed by atoms with Crippen LogP contribution >= 0.6 is 0 Å². The number of aliphatic imine (C=N–C) groups is 1. The number of nitrogens with one attached hydrogen (secondary N) is 2. The van der Waals surface area contributed by atoms with Crippen molar-refractivity contribution in [1.29, 1.82) is 5.41 Å². The zero-order valence-corrected chi connectivity index (χ0v) is 23.9. The second-order valence-electron chi connectivity index (χ2n) is 11.7. The Kier molecular flexibility index (Phi) is 6.72. The van der Waals surface area contributed by atoms with Gasteiger partial charge < -0.3 is 16.0 Å². The zero-order valence-electron chi connectivity index (χ0n) is 23.9. The van der Waals surface area contributed by atoms with Crippen molar-refractivity contribution < 1.29 is 9.59 Å². The van der Waals surface area contributed by atoms with Crippen LogP contribution in [-0.2, 0) is 9.59 Å². The second kappa shape index (κ2) is 10.7. The molecule has 3 atom stereocenters. The minimum Gasteiger partial charge on any atom is -0.379 e. The molecule has 2 bridgehead atoms. The number of hydrogen-bond donors (Lipinski definition) is 3. The van der Waals surface area contributed by atoms with Gasteiger partial charge >= 0.3 is 0 Å². The van der Waals surface area contributed by atoms with Gasteiger partial charge in [-0.05, 0) is 50.5 Å². The quantitative estimate of drug-likeness (QED) is 0.227. The lowest BCUT2D eigenvalue weighted by atomic mass is 9.85. The van der Waals surface area contributed by atoms with E-state index in [4.69, 9.17) is 26.2 Å². The largest absolute Gasteiger partial charge is 0.379 e. The number of aromatic nitrogens is 4. The van der Waals surface area contributed by atoms with E-state index in [0.29, 0.717) is 17.4 Å². The molecule has 0 radical (unpaired) electrons. The fourth-order valence-corrected chi connectivity index (χ4v) is 6.92. The van der Waals surface area contributed by atoms with Crippen molar-refractivity contribution in [3.63, 3.8) is 0 Å². The van der Waals surface area contributed by atoms with Crippen molar-refractivity contribution >= 4 is 35.5 Å². The van der Waals surface area contributed by atoms with E-state index in [0.717, 1.165) is 78.5 Å². The Morgan fingerprint density at radius 1 is 1.00 bits per heavy atom. The average molecular weight is 576 g/mol. The summed E-state index contributed by atoms with van der Waals surface area (Å²) in [6, 6.07) is 14.1. The van der Waals surface area contributed by atoms with E-state index in [9.17, 15) is 9.59 Å². The number of carbonyl (C=O) groups is 2. The zero-order chi connectivity index (χ0) is 29.7. The molecule has 3 fully saturated rings. The lowest BCUT2D eigenvalue weighted by molar-refractivity contribution is -0.128. The fourth-order valence-electron chi connectivity index (χ4n) is 6.92. The Morgan fingerprint density at radius 2 is 1.74 bits per heavy atom. The minimum absolute atomic E-state index is 0.0177. The second-order valence-corrected chi connectivity index (χ2v) is 11.7. The number of anilines is 1. The topological polar surface area (TPSA) is 155 Å². The number of nitrogens with zero attached hydrogens (tertiary/aromatic N) is 6. The minimum atomic E-state index is -0.302. The molecule has 2 amide bonds. The van der Waals surface area contributed by atoms with Crippen molar-refractivity contribution in [3.8, 4) is 22.4 Å². The Hall–Kier alpha value is -4.93. The molecule has 4 aromatic rings. The molecule has 218 valence electrons. The Bertz CT molecular complexity index is 1750. The maximum Gasteiger partial charge on any atom is 0.289 e. The van der Waals surface area contributed by atoms with E-state index >= 15 is 0 Å². The van der Waals surface area contributed by atoms with Crippen LogP contribution in [0.4, 0.5) is 5.82 Å². The van der Waals surface area contributed by atoms with E-state index in [1.807, 2.05) is 53.6 Å². The number of piperidine rings is 1. The third-order valence-corrected chi connectivity index (χ3v) is 8.91. The number of pyridine rings is 1. The van der Waals surface area contributed by atoms with Gasteiger partial charge in [-0.1, -0.05) is 36.4 Å². The monoisotopic (exact) mass is 575 g/mol. The number of carbonyl (C=O) groups excluding carboxylic acids is 2. The number of benzene rings is 1. The van der Waals surface area contributed by atoms with Gasteiger partial charge in [-0.25, -0.2) is 9.98 Å². The molecule has 1 aromatic carbocycles. The lowest BCUT2D eigenvalue weighted by Crippen LogP contribution is -2.50. The molecule has 3 aliphatic rings. The van der Waals surface area contributed by atoms with Crippen LogP contribution < -0.4 is 11.1 Å². The van der Waals surface area contributed by atoms with Crippen LogP contribution in [0.25, 0.3) is 28.0 Å². The van der Waals surface area contributed by atoms with Crippen LogP contribution in [0.3, 0.4) is 0 Å². The van der Waals surface area contributed by atoms with Gasteiger partial charge in [0.2, 0.25) is 5.91 Å². The van der Waals surface area contributed by atoms with Gasteiger partial charge in [0.25, 0.3) is 5.91 Å². The highest BCUT2D eigenvalue weighted by atomic mass is 16.2. The van der Waals surface area contributed by atoms with Gasteiger partial charge in [-0.3, -0.25) is 20.0 Å². The summed E-state index contributed by atoms with van der Waals surface area (Å²) in [7, 11) is 0. The van der Waals surface area contributed by atoms with Crippen molar-refractivity contribution in [2.75, 3.05) is 5.32 Å². The third kappa shape index (κ3) is 4.84. The standard InChI is InChI=1S/C32H33N9O2/c1-18(42)38-31-27(20-7-8-20)28(22-13-23-10-11-24(14-22)40(23)32(43)29(34)36-17-33)39-30-25(16-37-41(30)31)21-9-12-26(35-15-21)19-5-3-2-4-6-19/h2-6,9,12,15-17,20,22-24H,7-8,10-11,13-14H2,1H3,(H,38,42)(H3,33,34,36)/t22?,23-,24?/m0/s1. The summed E-state index contributed by atoms with van der Waals surface area (Å²) in [5, 5.41) is 15.0. The van der Waals surface area contributed by atoms with Crippen LogP contribution in [0.2, 0.25) is 0 Å². The van der Waals surface area contributed by atoms with Crippen LogP contribution in [-0.4, -0.2) is 60.6 Å². The first-order chi connectivity index (χ1) is 20.9. The van der Waals surface area contributed by atoms with E-state index in [1.165, 1.54) is 6.92 Å². The van der Waals surface area contributed by atoms with Gasteiger partial charge in [0.05, 0.1) is 17.6 Å². The van der Waals surface area contributed by atoms with Gasteiger partial charge in [0, 0.05) is 53.4 Å². The maximum atomic E-state index is 13.1. The van der Waals surface area contributed by atoms with Crippen molar-refractivity contribution in [1.82, 2.24) is 24.5 Å². The summed E-state index contributed by atoms with van der Waals surface area (Å²) in [5.74, 6) is 0.491. The number of fused-ring (bicyclic) bond motifs is 3. The summed E-state index contributed by atoms with van der Waals surface area (Å²) in [5.41, 5.74) is 12.3. The lowest BCUT2D eigenvalue weighted by Gasteiger charge is -2.39. The van der Waals surface area contributed by atoms with Gasteiger partial charge in [-0.2, -0.15) is 9.61 Å². The normalized spacial score (nSPS) is 21.7. The van der Waals surface area contributed by atoms with Crippen LogP contribution in [0.1, 0.15) is 68.5 Å². The molecule has 11 nitrogen and oxygen atoms in total. The Labute approximate surface area is 248 Å². The number of amides is 2. The summed E-state index contributed by atoms with van der Waals surface area (Å²) in [6.45, 7) is 1.52. The van der Waals surface area contributed by atoms with Crippen LogP contribution in [0.5, 0.6) is 0 Å². The average Bonchev–Trinajstić information content (AvgIpc) is 3.71. The van der Waals surface area contributed by atoms with Crippen LogP contribution in [0.15, 0.2) is 59.9 Å². The van der Waals surface area contributed by atoms with E-state index in [-0.39, 0.29) is 35.7 Å². The molecule has 0 spiro atoms. The molecule has 4 N–H and O–H groups in total. The predicted octanol–water partition coefficient (Wildman–Crippen LogP) is 4.50. The van der Waals surface area contributed by atoms with Gasteiger partial charge in [0.1, 0.15) is 12.2 Å². The first-order valence-corrected chi connectivity index (χ1v) is 14.8. The molecule has 3 aromatic heterocycles. The fraction of sp³-hybridized carbons (Fsp3) is 0.344. The third-order valence-electron chi connectivity index (χ3n) is 8.91. The van der Waals surface area contributed by atoms with Gasteiger partial charge in [0.15, 0.2) is 11.5 Å². The highest BCUT2D eigenvalue weighted by molar-refractivity contribution is 6.38. The summed E-state index contributed by atoms with van der Waals surface area (Å²) >= 11 is 0. The molecule has 5 heterocycles. The molecule has 43 heavy (non-hydrogen) atoms. The molecule has 2 aliphatic heterocycles. The van der Waals surface area contributed by atoms with Gasteiger partial charge in [-0.15, -0.1) is 0 Å². The molecule has 11 heteroatoms. The van der Waals surface area contributed by atoms with E-state index in [2.05, 4.69) is 10.3 Å². The SMILES string of the molecule is CC(=O)Nc1c(C2CC2)c(C2CC3CC[C@@H](C2)N3C(=O)C(N)=NC=N)nc2c(-c3ccc(-c4ccccc4)nc3)cnn12. The first kappa shape index (κ1) is 26.9. The predicted molar refractivity (Wildman–Crippen MR) is 164 cm³/mol. The summed E-state index contributed by atoms with van der Waals surface area (Å²) < 4.78 is 1.76. The number of amidine groups is 1. The number of hydrogen-bond acceptors (Lipinski definition) is 6. The van der Waals surface area contributed by atoms with Crippen molar-refractivity contribution in [3.05, 3.63) is 66.1 Å². The molecule has 7 rings (SSSR count). The van der Waals surface area contributed by atoms with Crippen LogP contribution in [0, 0.1) is 5.41 Å². The van der Waals surface area contributed by atoms with E-state index in [1.54, 1.807) is 10.7 Å². The highest BCUT2D eigenvalue weighted by Gasteiger charge is 2.46. The first-order valence-electron chi connectivity index (χ1n) is 14.8.